The second kappa shape index (κ2) is 5.69. The normalized spacial score (nSPS) is 14.1. The lowest BCUT2D eigenvalue weighted by Gasteiger charge is -2.19. The lowest BCUT2D eigenvalue weighted by Crippen LogP contribution is -2.26. The number of rotatable bonds is 3. The molecule has 0 unspecified atom stereocenters. The van der Waals surface area contributed by atoms with Crippen LogP contribution in [0.25, 0.3) is 11.0 Å². The molecular weight excluding hydrogens is 312 g/mol. The van der Waals surface area contributed by atoms with Crippen molar-refractivity contribution in [2.45, 2.75) is 32.6 Å². The third-order valence-corrected chi connectivity index (χ3v) is 4.94. The molecule has 25 heavy (non-hydrogen) atoms. The van der Waals surface area contributed by atoms with E-state index in [0.29, 0.717) is 11.5 Å². The third-order valence-electron chi connectivity index (χ3n) is 4.94. The minimum Gasteiger partial charge on any atom is -0.311 e. The molecule has 4 rings (SSSR count). The average molecular weight is 334 g/mol. The summed E-state index contributed by atoms with van der Waals surface area (Å²) >= 11 is 0. The van der Waals surface area contributed by atoms with E-state index in [4.69, 9.17) is 4.98 Å². The summed E-state index contributed by atoms with van der Waals surface area (Å²) in [6.07, 6.45) is 2.30. The Kier molecular flexibility index (Phi) is 3.60. The fraction of sp³-hybridized carbons (Fsp3) is 0.350. The number of amides is 1. The first kappa shape index (κ1) is 15.8. The third kappa shape index (κ3) is 2.69. The molecule has 1 saturated carbocycles. The first-order chi connectivity index (χ1) is 12.0. The van der Waals surface area contributed by atoms with Crippen molar-refractivity contribution in [2.24, 2.45) is 7.05 Å². The van der Waals surface area contributed by atoms with Crippen molar-refractivity contribution in [3.63, 3.8) is 0 Å². The van der Waals surface area contributed by atoms with Crippen LogP contribution < -0.4 is 4.90 Å². The van der Waals surface area contributed by atoms with Gasteiger partial charge in [-0.3, -0.25) is 9.48 Å². The molecule has 0 radical (unpaired) electrons. The molecular formula is C20H22N4O. The molecule has 5 heteroatoms. The van der Waals surface area contributed by atoms with Crippen LogP contribution in [0, 0.1) is 13.8 Å². The second-order valence-corrected chi connectivity index (χ2v) is 6.98. The number of carbonyl (C=O) groups excluding carboxylic acids is 1. The van der Waals surface area contributed by atoms with Gasteiger partial charge in [-0.2, -0.15) is 5.10 Å². The maximum Gasteiger partial charge on any atom is 0.258 e. The quantitative estimate of drug-likeness (QED) is 0.733. The fourth-order valence-corrected chi connectivity index (χ4v) is 3.29. The summed E-state index contributed by atoms with van der Waals surface area (Å²) in [5, 5.41) is 5.34. The van der Waals surface area contributed by atoms with Gasteiger partial charge in [0.2, 0.25) is 0 Å². The number of benzene rings is 1. The molecule has 0 aliphatic heterocycles. The van der Waals surface area contributed by atoms with Gasteiger partial charge in [0.05, 0.1) is 16.6 Å². The van der Waals surface area contributed by atoms with E-state index in [1.54, 1.807) is 9.58 Å². The molecule has 2 heterocycles. The van der Waals surface area contributed by atoms with Crippen LogP contribution in [0.4, 0.5) is 5.69 Å². The van der Waals surface area contributed by atoms with Crippen molar-refractivity contribution >= 4 is 22.6 Å². The van der Waals surface area contributed by atoms with Crippen LogP contribution >= 0.6 is 0 Å². The van der Waals surface area contributed by atoms with Gasteiger partial charge in [-0.1, -0.05) is 17.7 Å². The second-order valence-electron chi connectivity index (χ2n) is 6.98. The minimum absolute atomic E-state index is 0.0192. The number of pyridine rings is 1. The predicted octanol–water partition coefficient (Wildman–Crippen LogP) is 3.74. The van der Waals surface area contributed by atoms with Crippen LogP contribution in [0.1, 0.15) is 46.1 Å². The van der Waals surface area contributed by atoms with Crippen LogP contribution in [-0.4, -0.2) is 27.7 Å². The van der Waals surface area contributed by atoms with E-state index in [9.17, 15) is 4.79 Å². The lowest BCUT2D eigenvalue weighted by atomic mass is 10.1. The van der Waals surface area contributed by atoms with E-state index in [2.05, 4.69) is 5.10 Å². The van der Waals surface area contributed by atoms with Crippen molar-refractivity contribution < 1.29 is 4.79 Å². The van der Waals surface area contributed by atoms with Crippen molar-refractivity contribution in [3.05, 3.63) is 52.8 Å². The first-order valence-electron chi connectivity index (χ1n) is 8.64. The fourth-order valence-electron chi connectivity index (χ4n) is 3.29. The van der Waals surface area contributed by atoms with Crippen LogP contribution in [0.5, 0.6) is 0 Å². The molecule has 0 saturated heterocycles. The van der Waals surface area contributed by atoms with Crippen LogP contribution in [0.3, 0.4) is 0 Å². The molecule has 1 amide bonds. The highest BCUT2D eigenvalue weighted by atomic mass is 16.2. The number of aryl methyl sites for hydroxylation is 3. The van der Waals surface area contributed by atoms with Crippen molar-refractivity contribution in [1.29, 1.82) is 0 Å². The zero-order valence-electron chi connectivity index (χ0n) is 15.1. The Bertz CT molecular complexity index is 968. The monoisotopic (exact) mass is 334 g/mol. The van der Waals surface area contributed by atoms with E-state index >= 15 is 0 Å². The van der Waals surface area contributed by atoms with E-state index in [1.165, 1.54) is 5.56 Å². The topological polar surface area (TPSA) is 51.0 Å². The first-order valence-corrected chi connectivity index (χ1v) is 8.64. The molecule has 0 bridgehead atoms. The number of anilines is 1. The van der Waals surface area contributed by atoms with Gasteiger partial charge in [-0.15, -0.1) is 0 Å². The number of aromatic nitrogens is 3. The largest absolute Gasteiger partial charge is 0.311 e. The number of hydrogen-bond donors (Lipinski definition) is 0. The molecule has 2 aromatic heterocycles. The predicted molar refractivity (Wildman–Crippen MR) is 99.1 cm³/mol. The van der Waals surface area contributed by atoms with Gasteiger partial charge in [-0.25, -0.2) is 4.98 Å². The summed E-state index contributed by atoms with van der Waals surface area (Å²) in [5.74, 6) is 0.463. The molecule has 1 aromatic carbocycles. The number of nitrogens with zero attached hydrogens (tertiary/aromatic N) is 4. The summed E-state index contributed by atoms with van der Waals surface area (Å²) in [7, 11) is 3.71. The molecule has 1 fully saturated rings. The number of carbonyl (C=O) groups is 1. The molecule has 0 N–H and O–H groups in total. The molecule has 1 aliphatic rings. The summed E-state index contributed by atoms with van der Waals surface area (Å²) in [6.45, 7) is 3.97. The summed E-state index contributed by atoms with van der Waals surface area (Å²) in [5.41, 5.74) is 5.40. The summed E-state index contributed by atoms with van der Waals surface area (Å²) in [4.78, 5) is 19.7. The maximum absolute atomic E-state index is 13.3. The summed E-state index contributed by atoms with van der Waals surface area (Å²) in [6, 6.07) is 9.97. The molecule has 0 atom stereocenters. The Morgan fingerprint density at radius 2 is 1.88 bits per heavy atom. The highest BCUT2D eigenvalue weighted by molar-refractivity contribution is 6.13. The Labute approximate surface area is 147 Å². The van der Waals surface area contributed by atoms with Crippen LogP contribution in [-0.2, 0) is 7.05 Å². The Hall–Kier alpha value is -2.69. The zero-order valence-corrected chi connectivity index (χ0v) is 15.1. The number of fused-ring (bicyclic) bond motifs is 1. The molecule has 3 aromatic rings. The molecule has 1 aliphatic carbocycles. The lowest BCUT2D eigenvalue weighted by molar-refractivity contribution is 0.0994. The van der Waals surface area contributed by atoms with Gasteiger partial charge >= 0.3 is 0 Å². The van der Waals surface area contributed by atoms with Gasteiger partial charge in [0.1, 0.15) is 0 Å². The van der Waals surface area contributed by atoms with Crippen molar-refractivity contribution in [2.75, 3.05) is 11.9 Å². The Morgan fingerprint density at radius 3 is 2.52 bits per heavy atom. The summed E-state index contributed by atoms with van der Waals surface area (Å²) < 4.78 is 1.78. The van der Waals surface area contributed by atoms with Gasteiger partial charge in [0.25, 0.3) is 5.91 Å². The molecule has 0 spiro atoms. The van der Waals surface area contributed by atoms with Gasteiger partial charge in [-0.05, 0) is 44.9 Å². The van der Waals surface area contributed by atoms with E-state index in [1.807, 2.05) is 58.3 Å². The van der Waals surface area contributed by atoms with Gasteiger partial charge in [0.15, 0.2) is 5.65 Å². The van der Waals surface area contributed by atoms with E-state index in [-0.39, 0.29) is 5.91 Å². The zero-order chi connectivity index (χ0) is 17.7. The Balaban J connectivity index is 1.84. The van der Waals surface area contributed by atoms with Gasteiger partial charge in [0, 0.05) is 31.4 Å². The van der Waals surface area contributed by atoms with E-state index in [0.717, 1.165) is 41.0 Å². The highest BCUT2D eigenvalue weighted by Crippen LogP contribution is 2.40. The van der Waals surface area contributed by atoms with Crippen molar-refractivity contribution in [3.8, 4) is 0 Å². The standard InChI is InChI=1S/C20H22N4O/c1-12-5-9-15(10-6-12)23(3)20(25)16-11-17(14-7-8-14)21-19-18(16)13(2)22-24(19)4/h5-6,9-11,14H,7-8H2,1-4H3. The molecule has 5 nitrogen and oxygen atoms in total. The van der Waals surface area contributed by atoms with Crippen molar-refractivity contribution in [1.82, 2.24) is 14.8 Å². The highest BCUT2D eigenvalue weighted by Gasteiger charge is 2.29. The van der Waals surface area contributed by atoms with Gasteiger partial charge < -0.3 is 4.90 Å². The van der Waals surface area contributed by atoms with E-state index < -0.39 is 0 Å². The number of hydrogen-bond acceptors (Lipinski definition) is 3. The smallest absolute Gasteiger partial charge is 0.258 e. The SMILES string of the molecule is Cc1ccc(N(C)C(=O)c2cc(C3CC3)nc3c2c(C)nn3C)cc1. The molecule has 128 valence electrons. The maximum atomic E-state index is 13.3. The van der Waals surface area contributed by atoms with Crippen LogP contribution in [0.15, 0.2) is 30.3 Å². The average Bonchev–Trinajstić information content (AvgIpc) is 3.41. The van der Waals surface area contributed by atoms with Crippen LogP contribution in [0.2, 0.25) is 0 Å². The minimum atomic E-state index is -0.0192. The Morgan fingerprint density at radius 1 is 1.20 bits per heavy atom.